The van der Waals surface area contributed by atoms with Gasteiger partial charge in [-0.05, 0) is 17.7 Å². The van der Waals surface area contributed by atoms with Gasteiger partial charge in [-0.2, -0.15) is 0 Å². The average molecular weight is 423 g/mol. The number of carbonyl (C=O) groups excluding carboxylic acids is 2. The van der Waals surface area contributed by atoms with E-state index < -0.39 is 0 Å². The largest absolute Gasteiger partial charge is 0.377 e. The first kappa shape index (κ1) is 20.0. The van der Waals surface area contributed by atoms with Gasteiger partial charge < -0.3 is 20.3 Å². The minimum atomic E-state index is -0.351. The first-order chi connectivity index (χ1) is 14.7. The molecule has 1 aromatic heterocycles. The molecule has 2 heterocycles. The van der Waals surface area contributed by atoms with E-state index in [1.807, 2.05) is 48.5 Å². The number of ether oxygens (including phenoxy) is 1. The van der Waals surface area contributed by atoms with E-state index in [0.29, 0.717) is 22.3 Å². The lowest BCUT2D eigenvalue weighted by Crippen LogP contribution is -2.44. The van der Waals surface area contributed by atoms with Crippen LogP contribution in [0.4, 0.5) is 10.8 Å². The number of para-hydroxylation sites is 1. The van der Waals surface area contributed by atoms with E-state index in [1.54, 1.807) is 18.1 Å². The summed E-state index contributed by atoms with van der Waals surface area (Å²) in [6.07, 6.45) is -0.214. The van der Waals surface area contributed by atoms with Gasteiger partial charge in [0, 0.05) is 25.8 Å². The number of fused-ring (bicyclic) bond motifs is 1. The molecular formula is C21H21N5O3S. The molecule has 9 heteroatoms. The van der Waals surface area contributed by atoms with Gasteiger partial charge in [-0.1, -0.05) is 53.8 Å². The molecule has 4 rings (SSSR count). The van der Waals surface area contributed by atoms with Gasteiger partial charge in [0.25, 0.3) is 5.91 Å². The fourth-order valence-corrected chi connectivity index (χ4v) is 4.04. The summed E-state index contributed by atoms with van der Waals surface area (Å²) in [5.74, 6) is -0.335. The molecule has 0 aliphatic carbocycles. The van der Waals surface area contributed by atoms with E-state index in [2.05, 4.69) is 20.8 Å². The highest BCUT2D eigenvalue weighted by Crippen LogP contribution is 2.33. The number of nitrogens with zero attached hydrogens (tertiary/aromatic N) is 3. The molecule has 0 bridgehead atoms. The second-order valence-electron chi connectivity index (χ2n) is 6.73. The number of hydrogen-bond acceptors (Lipinski definition) is 7. The zero-order valence-corrected chi connectivity index (χ0v) is 17.2. The SMILES string of the molecule is COCc1nnc(NC(=O)CCN2C(=O)c3ccccc3N[C@@H]2c2ccccc2)s1. The Balaban J connectivity index is 1.48. The Kier molecular flexibility index (Phi) is 6.01. The zero-order chi connectivity index (χ0) is 20.9. The van der Waals surface area contributed by atoms with Gasteiger partial charge >= 0.3 is 0 Å². The van der Waals surface area contributed by atoms with Crippen molar-refractivity contribution in [2.75, 3.05) is 24.3 Å². The summed E-state index contributed by atoms with van der Waals surface area (Å²) >= 11 is 1.26. The Bertz CT molecular complexity index is 1040. The molecule has 3 aromatic rings. The molecular weight excluding hydrogens is 402 g/mol. The molecule has 1 atom stereocenters. The lowest BCUT2D eigenvalue weighted by molar-refractivity contribution is -0.116. The summed E-state index contributed by atoms with van der Waals surface area (Å²) < 4.78 is 5.01. The van der Waals surface area contributed by atoms with Crippen LogP contribution in [-0.4, -0.2) is 40.6 Å². The minimum absolute atomic E-state index is 0.107. The third-order valence-corrected chi connectivity index (χ3v) is 5.51. The molecule has 2 aromatic carbocycles. The van der Waals surface area contributed by atoms with E-state index >= 15 is 0 Å². The predicted molar refractivity (Wildman–Crippen MR) is 114 cm³/mol. The average Bonchev–Trinajstić information content (AvgIpc) is 3.20. The number of carbonyl (C=O) groups is 2. The molecule has 30 heavy (non-hydrogen) atoms. The molecule has 8 nitrogen and oxygen atoms in total. The fourth-order valence-electron chi connectivity index (χ4n) is 3.31. The molecule has 0 saturated heterocycles. The highest BCUT2D eigenvalue weighted by molar-refractivity contribution is 7.15. The predicted octanol–water partition coefficient (Wildman–Crippen LogP) is 3.28. The van der Waals surface area contributed by atoms with Crippen LogP contribution in [0, 0.1) is 0 Å². The second-order valence-corrected chi connectivity index (χ2v) is 7.80. The number of amides is 2. The summed E-state index contributed by atoms with van der Waals surface area (Å²) in [7, 11) is 1.57. The molecule has 0 fully saturated rings. The lowest BCUT2D eigenvalue weighted by Gasteiger charge is -2.38. The Labute approximate surface area is 177 Å². The number of benzene rings is 2. The first-order valence-corrected chi connectivity index (χ1v) is 10.3. The van der Waals surface area contributed by atoms with Crippen LogP contribution in [0.3, 0.4) is 0 Å². The zero-order valence-electron chi connectivity index (χ0n) is 16.4. The van der Waals surface area contributed by atoms with Gasteiger partial charge in [-0.15, -0.1) is 10.2 Å². The van der Waals surface area contributed by atoms with Gasteiger partial charge in [-0.25, -0.2) is 0 Å². The van der Waals surface area contributed by atoms with Crippen LogP contribution >= 0.6 is 11.3 Å². The Morgan fingerprint density at radius 3 is 2.73 bits per heavy atom. The maximum atomic E-state index is 13.2. The van der Waals surface area contributed by atoms with Crippen LogP contribution in [-0.2, 0) is 16.1 Å². The van der Waals surface area contributed by atoms with Gasteiger partial charge in [-0.3, -0.25) is 9.59 Å². The molecule has 154 valence electrons. The summed E-state index contributed by atoms with van der Waals surface area (Å²) in [6.45, 7) is 0.606. The van der Waals surface area contributed by atoms with Gasteiger partial charge in [0.05, 0.1) is 5.56 Å². The normalized spacial score (nSPS) is 15.4. The molecule has 0 unspecified atom stereocenters. The maximum absolute atomic E-state index is 13.2. The van der Waals surface area contributed by atoms with Crippen molar-refractivity contribution in [1.82, 2.24) is 15.1 Å². The number of nitrogens with one attached hydrogen (secondary N) is 2. The van der Waals surface area contributed by atoms with Crippen molar-refractivity contribution in [3.63, 3.8) is 0 Å². The molecule has 1 aliphatic rings. The van der Waals surface area contributed by atoms with Crippen molar-refractivity contribution < 1.29 is 14.3 Å². The monoisotopic (exact) mass is 423 g/mol. The van der Waals surface area contributed by atoms with E-state index in [1.165, 1.54) is 11.3 Å². The van der Waals surface area contributed by atoms with Crippen LogP contribution in [0.5, 0.6) is 0 Å². The molecule has 2 amide bonds. The van der Waals surface area contributed by atoms with E-state index in [9.17, 15) is 9.59 Å². The topological polar surface area (TPSA) is 96.5 Å². The Hall–Kier alpha value is -3.30. The summed E-state index contributed by atoms with van der Waals surface area (Å²) in [6, 6.07) is 17.1. The van der Waals surface area contributed by atoms with Gasteiger partial charge in [0.15, 0.2) is 0 Å². The number of rotatable bonds is 7. The number of hydrogen-bond donors (Lipinski definition) is 2. The van der Waals surface area contributed by atoms with Crippen molar-refractivity contribution in [2.45, 2.75) is 19.2 Å². The van der Waals surface area contributed by atoms with Gasteiger partial charge in [0.1, 0.15) is 17.8 Å². The molecule has 0 saturated carbocycles. The second kappa shape index (κ2) is 9.02. The molecule has 0 radical (unpaired) electrons. The summed E-state index contributed by atoms with van der Waals surface area (Å²) in [4.78, 5) is 27.3. The fraction of sp³-hybridized carbons (Fsp3) is 0.238. The van der Waals surface area contributed by atoms with Crippen LogP contribution in [0.25, 0.3) is 0 Å². The van der Waals surface area contributed by atoms with E-state index in [0.717, 1.165) is 11.3 Å². The van der Waals surface area contributed by atoms with Crippen molar-refractivity contribution >= 4 is 34.0 Å². The highest BCUT2D eigenvalue weighted by Gasteiger charge is 2.32. The van der Waals surface area contributed by atoms with Crippen LogP contribution in [0.2, 0.25) is 0 Å². The standard InChI is InChI=1S/C21H21N5O3S/c1-29-13-18-24-25-21(30-18)23-17(27)11-12-26-19(14-7-3-2-4-8-14)22-16-10-6-5-9-15(16)20(26)28/h2-10,19,22H,11-13H2,1H3,(H,23,25,27)/t19-/m0/s1. The molecule has 2 N–H and O–H groups in total. The van der Waals surface area contributed by atoms with E-state index in [4.69, 9.17) is 4.74 Å². The third-order valence-electron chi connectivity index (χ3n) is 4.70. The van der Waals surface area contributed by atoms with Crippen LogP contribution in [0.1, 0.15) is 33.5 Å². The molecule has 1 aliphatic heterocycles. The van der Waals surface area contributed by atoms with E-state index in [-0.39, 0.29) is 30.9 Å². The van der Waals surface area contributed by atoms with Crippen molar-refractivity contribution in [3.8, 4) is 0 Å². The maximum Gasteiger partial charge on any atom is 0.257 e. The van der Waals surface area contributed by atoms with Crippen molar-refractivity contribution in [1.29, 1.82) is 0 Å². The van der Waals surface area contributed by atoms with Crippen LogP contribution < -0.4 is 10.6 Å². The Morgan fingerprint density at radius 1 is 1.17 bits per heavy atom. The quantitative estimate of drug-likeness (QED) is 0.605. The van der Waals surface area contributed by atoms with Crippen molar-refractivity contribution in [3.05, 3.63) is 70.7 Å². The molecule has 0 spiro atoms. The smallest absolute Gasteiger partial charge is 0.257 e. The number of methoxy groups -OCH3 is 1. The minimum Gasteiger partial charge on any atom is -0.377 e. The number of anilines is 2. The third kappa shape index (κ3) is 4.32. The summed E-state index contributed by atoms with van der Waals surface area (Å²) in [5.41, 5.74) is 2.34. The van der Waals surface area contributed by atoms with Crippen LogP contribution in [0.15, 0.2) is 54.6 Å². The van der Waals surface area contributed by atoms with Crippen molar-refractivity contribution in [2.24, 2.45) is 0 Å². The lowest BCUT2D eigenvalue weighted by atomic mass is 10.0. The highest BCUT2D eigenvalue weighted by atomic mass is 32.1. The first-order valence-electron chi connectivity index (χ1n) is 9.48. The van der Waals surface area contributed by atoms with Gasteiger partial charge in [0.2, 0.25) is 11.0 Å². The summed E-state index contributed by atoms with van der Waals surface area (Å²) in [5, 5.41) is 15.2. The Morgan fingerprint density at radius 2 is 1.93 bits per heavy atom. The number of aromatic nitrogens is 2.